The number of rotatable bonds is 1. The molecule has 0 radical (unpaired) electrons. The van der Waals surface area contributed by atoms with Gasteiger partial charge in [0.1, 0.15) is 0 Å². The second kappa shape index (κ2) is 2.77. The monoisotopic (exact) mass is 212 g/mol. The molecule has 8 heteroatoms. The Morgan fingerprint density at radius 1 is 1.33 bits per heavy atom. The van der Waals surface area contributed by atoms with E-state index < -0.39 is 13.1 Å². The maximum Gasteiger partial charge on any atom is 0.307 e. The number of sulfonamides is 1. The molecule has 0 aromatic rings. The first-order valence-electron chi connectivity index (χ1n) is 1.60. The molecule has 4 nitrogen and oxygen atoms in total. The lowest BCUT2D eigenvalue weighted by Gasteiger charge is -2.08. The molecule has 0 aromatic carbocycles. The Kier molecular flexibility index (Phi) is 3.00. The molecule has 9 heavy (non-hydrogen) atoms. The average Bonchev–Trinajstić information content (AvgIpc) is 1.64. The molecular weight excluding hydrogens is 210 g/mol. The smallest absolute Gasteiger partial charge is 0.258 e. The summed E-state index contributed by atoms with van der Waals surface area (Å²) in [5.74, 6) is 4.50. The summed E-state index contributed by atoms with van der Waals surface area (Å²) in [4.78, 5) is 1.36. The third kappa shape index (κ3) is 2.45. The van der Waals surface area contributed by atoms with Gasteiger partial charge in [0, 0.05) is 0 Å². The van der Waals surface area contributed by atoms with E-state index in [0.717, 1.165) is 0 Å². The summed E-state index contributed by atoms with van der Waals surface area (Å²) in [6.07, 6.45) is 0. The summed E-state index contributed by atoms with van der Waals surface area (Å²) < 4.78 is 18.4. The van der Waals surface area contributed by atoms with E-state index in [9.17, 15) is 8.42 Å². The summed E-state index contributed by atoms with van der Waals surface area (Å²) in [6.45, 7) is 0. The topological polar surface area (TPSA) is 72.2 Å². The standard InChI is InChI=1S/CH3Cl3N2O2S/c2-1(3,4)9(7,8)6-5/h6H,5H2. The van der Waals surface area contributed by atoms with Gasteiger partial charge in [-0.05, 0) is 0 Å². The van der Waals surface area contributed by atoms with Crippen LogP contribution in [0.2, 0.25) is 0 Å². The van der Waals surface area contributed by atoms with Gasteiger partial charge < -0.3 is 0 Å². The zero-order valence-corrected chi connectivity index (χ0v) is 7.02. The zero-order valence-electron chi connectivity index (χ0n) is 3.94. The first-order chi connectivity index (χ1) is 3.81. The largest absolute Gasteiger partial charge is 0.307 e. The summed E-state index contributed by atoms with van der Waals surface area (Å²) in [5.41, 5.74) is 0. The van der Waals surface area contributed by atoms with Crippen LogP contribution in [0.3, 0.4) is 0 Å². The van der Waals surface area contributed by atoms with E-state index in [1.807, 2.05) is 0 Å². The van der Waals surface area contributed by atoms with Crippen LogP contribution in [0, 0.1) is 0 Å². The van der Waals surface area contributed by atoms with Crippen molar-refractivity contribution in [3.63, 3.8) is 0 Å². The lowest BCUT2D eigenvalue weighted by Crippen LogP contribution is -2.38. The number of alkyl halides is 3. The van der Waals surface area contributed by atoms with Crippen LogP contribution in [0.5, 0.6) is 0 Å². The van der Waals surface area contributed by atoms with Gasteiger partial charge in [-0.1, -0.05) is 34.8 Å². The van der Waals surface area contributed by atoms with Crippen LogP contribution in [-0.4, -0.2) is 11.5 Å². The Bertz CT molecular complexity index is 180. The van der Waals surface area contributed by atoms with Gasteiger partial charge in [0.15, 0.2) is 0 Å². The molecule has 0 aromatic heterocycles. The van der Waals surface area contributed by atoms with Crippen molar-refractivity contribution in [3.05, 3.63) is 0 Å². The highest BCUT2D eigenvalue weighted by atomic mass is 35.6. The van der Waals surface area contributed by atoms with E-state index in [2.05, 4.69) is 5.84 Å². The van der Waals surface area contributed by atoms with Gasteiger partial charge in [0.05, 0.1) is 0 Å². The highest BCUT2D eigenvalue weighted by molar-refractivity contribution is 7.95. The number of nitrogens with one attached hydrogen (secondary N) is 1. The highest BCUT2D eigenvalue weighted by Gasteiger charge is 2.36. The van der Waals surface area contributed by atoms with Gasteiger partial charge in [-0.25, -0.2) is 8.42 Å². The third-order valence-corrected chi connectivity index (χ3v) is 3.21. The van der Waals surface area contributed by atoms with Crippen LogP contribution >= 0.6 is 34.8 Å². The number of hydrogen-bond donors (Lipinski definition) is 2. The number of nitrogens with two attached hydrogens (primary N) is 1. The van der Waals surface area contributed by atoms with Crippen molar-refractivity contribution >= 4 is 44.8 Å². The Morgan fingerprint density at radius 2 is 1.67 bits per heavy atom. The Hall–Kier alpha value is 0.740. The molecule has 0 spiro atoms. The normalized spacial score (nSPS) is 13.8. The fraction of sp³-hybridized carbons (Fsp3) is 1.00. The first-order valence-corrected chi connectivity index (χ1v) is 4.21. The second-order valence-electron chi connectivity index (χ2n) is 1.07. The van der Waals surface area contributed by atoms with Crippen LogP contribution in [0.25, 0.3) is 0 Å². The van der Waals surface area contributed by atoms with Crippen molar-refractivity contribution in [2.45, 2.75) is 3.12 Å². The molecule has 0 bridgehead atoms. The molecule has 0 aliphatic heterocycles. The molecule has 0 atom stereocenters. The molecule has 56 valence electrons. The van der Waals surface area contributed by atoms with Gasteiger partial charge in [-0.2, -0.15) is 4.83 Å². The van der Waals surface area contributed by atoms with Crippen molar-refractivity contribution in [2.24, 2.45) is 5.84 Å². The molecule has 0 unspecified atom stereocenters. The number of hydrogen-bond acceptors (Lipinski definition) is 3. The summed E-state index contributed by atoms with van der Waals surface area (Å²) >= 11 is 14.8. The van der Waals surface area contributed by atoms with Gasteiger partial charge in [-0.3, -0.25) is 5.84 Å². The molecule has 3 N–H and O–H groups in total. The molecular formula is CH3Cl3N2O2S. The summed E-state index contributed by atoms with van der Waals surface area (Å²) in [6, 6.07) is 0. The van der Waals surface area contributed by atoms with E-state index in [-0.39, 0.29) is 0 Å². The fourth-order valence-electron chi connectivity index (χ4n) is 0.0668. The molecule has 0 fully saturated rings. The molecule has 0 rings (SSSR count). The van der Waals surface area contributed by atoms with E-state index in [4.69, 9.17) is 34.8 Å². The van der Waals surface area contributed by atoms with E-state index in [0.29, 0.717) is 0 Å². The van der Waals surface area contributed by atoms with Crippen LogP contribution in [0.1, 0.15) is 0 Å². The highest BCUT2D eigenvalue weighted by Crippen LogP contribution is 2.30. The minimum Gasteiger partial charge on any atom is -0.258 e. The van der Waals surface area contributed by atoms with Crippen molar-refractivity contribution in [3.8, 4) is 0 Å². The van der Waals surface area contributed by atoms with Crippen molar-refractivity contribution in [2.75, 3.05) is 0 Å². The molecule has 0 saturated heterocycles. The lowest BCUT2D eigenvalue weighted by molar-refractivity contribution is 0.584. The van der Waals surface area contributed by atoms with E-state index in [1.165, 1.54) is 4.83 Å². The maximum atomic E-state index is 10.4. The molecule has 0 amide bonds. The van der Waals surface area contributed by atoms with Crippen molar-refractivity contribution in [1.29, 1.82) is 0 Å². The fourth-order valence-corrected chi connectivity index (χ4v) is 0.601. The maximum absolute atomic E-state index is 10.4. The summed E-state index contributed by atoms with van der Waals surface area (Å²) in [5, 5.41) is 0. The quantitative estimate of drug-likeness (QED) is 0.369. The van der Waals surface area contributed by atoms with Gasteiger partial charge in [0.25, 0.3) is 10.0 Å². The molecule has 0 saturated carbocycles. The van der Waals surface area contributed by atoms with E-state index in [1.54, 1.807) is 0 Å². The zero-order chi connectivity index (χ0) is 7.71. The van der Waals surface area contributed by atoms with Gasteiger partial charge in [0.2, 0.25) is 0 Å². The van der Waals surface area contributed by atoms with Crippen LogP contribution in [-0.2, 0) is 10.0 Å². The van der Waals surface area contributed by atoms with Gasteiger partial charge >= 0.3 is 3.12 Å². The summed E-state index contributed by atoms with van der Waals surface area (Å²) in [7, 11) is -4.01. The van der Waals surface area contributed by atoms with E-state index >= 15 is 0 Å². The third-order valence-electron chi connectivity index (χ3n) is 0.460. The Labute approximate surface area is 67.3 Å². The predicted molar refractivity (Wildman–Crippen MR) is 36.5 cm³/mol. The molecule has 0 aliphatic rings. The number of hydrazine groups is 1. The van der Waals surface area contributed by atoms with Crippen molar-refractivity contribution < 1.29 is 8.42 Å². The Morgan fingerprint density at radius 3 is 1.67 bits per heavy atom. The van der Waals surface area contributed by atoms with Crippen LogP contribution < -0.4 is 10.7 Å². The SMILES string of the molecule is NNS(=O)(=O)C(Cl)(Cl)Cl. The number of halogens is 3. The van der Waals surface area contributed by atoms with Crippen LogP contribution in [0.4, 0.5) is 0 Å². The minimum atomic E-state index is -4.01. The Balaban J connectivity index is 4.57. The van der Waals surface area contributed by atoms with Crippen LogP contribution in [0.15, 0.2) is 0 Å². The second-order valence-corrected chi connectivity index (χ2v) is 5.88. The van der Waals surface area contributed by atoms with Gasteiger partial charge in [-0.15, -0.1) is 0 Å². The predicted octanol–water partition coefficient (Wildman–Crippen LogP) is 0.107. The first kappa shape index (κ1) is 9.74. The molecule has 0 aliphatic carbocycles. The minimum absolute atomic E-state index is 1.36. The lowest BCUT2D eigenvalue weighted by atomic mass is 11.8. The van der Waals surface area contributed by atoms with Crippen molar-refractivity contribution in [1.82, 2.24) is 4.83 Å². The average molecular weight is 213 g/mol. The molecule has 0 heterocycles.